The summed E-state index contributed by atoms with van der Waals surface area (Å²) in [5, 5.41) is 5.33. The Balaban J connectivity index is 1.27. The summed E-state index contributed by atoms with van der Waals surface area (Å²) in [6, 6.07) is 9.68. The van der Waals surface area contributed by atoms with Gasteiger partial charge < -0.3 is 10.1 Å². The molecule has 0 unspecified atom stereocenters. The highest BCUT2D eigenvalue weighted by Gasteiger charge is 2.21. The Bertz CT molecular complexity index is 597. The summed E-state index contributed by atoms with van der Waals surface area (Å²) in [4.78, 5) is 28.3. The summed E-state index contributed by atoms with van der Waals surface area (Å²) >= 11 is 0. The molecule has 0 aromatic heterocycles. The second kappa shape index (κ2) is 10.3. The monoisotopic (exact) mass is 374 g/mol. The van der Waals surface area contributed by atoms with Crippen molar-refractivity contribution in [3.05, 3.63) is 30.3 Å². The fourth-order valence-electron chi connectivity index (χ4n) is 3.64. The molecule has 0 atom stereocenters. The van der Waals surface area contributed by atoms with Crippen molar-refractivity contribution in [2.75, 3.05) is 45.9 Å². The van der Waals surface area contributed by atoms with Gasteiger partial charge in [0.1, 0.15) is 12.4 Å². The number of carbonyl (C=O) groups excluding carboxylic acids is 2. The SMILES string of the molecule is O=C(CN1CCN(CCOc2ccccc2)CC1)NC(=O)NC1CCCC1. The van der Waals surface area contributed by atoms with Gasteiger partial charge in [-0.05, 0) is 25.0 Å². The van der Waals surface area contributed by atoms with Crippen LogP contribution >= 0.6 is 0 Å². The van der Waals surface area contributed by atoms with E-state index < -0.39 is 0 Å². The maximum Gasteiger partial charge on any atom is 0.321 e. The summed E-state index contributed by atoms with van der Waals surface area (Å²) in [5.41, 5.74) is 0. The average molecular weight is 374 g/mol. The van der Waals surface area contributed by atoms with Crippen molar-refractivity contribution in [2.45, 2.75) is 31.7 Å². The van der Waals surface area contributed by atoms with Gasteiger partial charge in [-0.25, -0.2) is 4.79 Å². The number of nitrogens with one attached hydrogen (secondary N) is 2. The summed E-state index contributed by atoms with van der Waals surface area (Å²) in [6.07, 6.45) is 4.33. The minimum absolute atomic E-state index is 0.222. The molecule has 1 saturated heterocycles. The van der Waals surface area contributed by atoms with Crippen molar-refractivity contribution >= 4 is 11.9 Å². The van der Waals surface area contributed by atoms with E-state index in [0.717, 1.165) is 64.2 Å². The number of para-hydroxylation sites is 1. The zero-order valence-corrected chi connectivity index (χ0v) is 15.9. The van der Waals surface area contributed by atoms with Crippen LogP contribution < -0.4 is 15.4 Å². The normalized spacial score (nSPS) is 19.0. The quantitative estimate of drug-likeness (QED) is 0.756. The molecule has 1 aromatic carbocycles. The van der Waals surface area contributed by atoms with E-state index in [1.165, 1.54) is 0 Å². The van der Waals surface area contributed by atoms with Crippen molar-refractivity contribution in [1.29, 1.82) is 0 Å². The standard InChI is InChI=1S/C20H30N4O3/c25-19(22-20(26)21-17-6-4-5-7-17)16-24-12-10-23(11-13-24)14-15-27-18-8-2-1-3-9-18/h1-3,8-9,17H,4-7,10-16H2,(H2,21,22,25,26). The number of amides is 3. The lowest BCUT2D eigenvalue weighted by atomic mass is 10.2. The molecular formula is C20H30N4O3. The van der Waals surface area contributed by atoms with Gasteiger partial charge in [0.15, 0.2) is 0 Å². The van der Waals surface area contributed by atoms with Crippen LogP contribution in [0.1, 0.15) is 25.7 Å². The Morgan fingerprint density at radius 3 is 2.37 bits per heavy atom. The van der Waals surface area contributed by atoms with E-state index in [1.807, 2.05) is 30.3 Å². The van der Waals surface area contributed by atoms with E-state index in [0.29, 0.717) is 6.61 Å². The van der Waals surface area contributed by atoms with Crippen LogP contribution in [-0.4, -0.2) is 73.7 Å². The number of piperazine rings is 1. The van der Waals surface area contributed by atoms with Crippen LogP contribution in [0, 0.1) is 0 Å². The van der Waals surface area contributed by atoms with Gasteiger partial charge in [-0.2, -0.15) is 0 Å². The van der Waals surface area contributed by atoms with E-state index in [1.54, 1.807) is 0 Å². The number of carbonyl (C=O) groups is 2. The second-order valence-corrected chi connectivity index (χ2v) is 7.28. The van der Waals surface area contributed by atoms with Gasteiger partial charge in [0.05, 0.1) is 6.54 Å². The zero-order chi connectivity index (χ0) is 18.9. The summed E-state index contributed by atoms with van der Waals surface area (Å²) in [6.45, 7) is 5.25. The Morgan fingerprint density at radius 2 is 1.67 bits per heavy atom. The van der Waals surface area contributed by atoms with Crippen molar-refractivity contribution in [1.82, 2.24) is 20.4 Å². The van der Waals surface area contributed by atoms with Gasteiger partial charge in [-0.3, -0.25) is 19.9 Å². The Hall–Kier alpha value is -2.12. The van der Waals surface area contributed by atoms with E-state index in [-0.39, 0.29) is 24.5 Å². The Morgan fingerprint density at radius 1 is 1.00 bits per heavy atom. The van der Waals surface area contributed by atoms with Gasteiger partial charge >= 0.3 is 6.03 Å². The first-order valence-corrected chi connectivity index (χ1v) is 9.92. The third-order valence-corrected chi connectivity index (χ3v) is 5.19. The number of nitrogens with zero attached hydrogens (tertiary/aromatic N) is 2. The van der Waals surface area contributed by atoms with Crippen molar-refractivity contribution in [2.24, 2.45) is 0 Å². The molecular weight excluding hydrogens is 344 g/mol. The molecule has 1 aliphatic heterocycles. The fraction of sp³-hybridized carbons (Fsp3) is 0.600. The molecule has 148 valence electrons. The average Bonchev–Trinajstić information content (AvgIpc) is 3.17. The lowest BCUT2D eigenvalue weighted by molar-refractivity contribution is -0.121. The molecule has 0 bridgehead atoms. The molecule has 7 heteroatoms. The molecule has 0 spiro atoms. The van der Waals surface area contributed by atoms with Crippen LogP contribution in [0.3, 0.4) is 0 Å². The molecule has 0 radical (unpaired) electrons. The molecule has 3 amide bonds. The molecule has 2 fully saturated rings. The highest BCUT2D eigenvalue weighted by Crippen LogP contribution is 2.17. The van der Waals surface area contributed by atoms with E-state index in [2.05, 4.69) is 20.4 Å². The maximum atomic E-state index is 12.1. The summed E-state index contributed by atoms with van der Waals surface area (Å²) in [7, 11) is 0. The molecule has 1 aromatic rings. The van der Waals surface area contributed by atoms with Crippen LogP contribution in [0.25, 0.3) is 0 Å². The molecule has 2 aliphatic rings. The van der Waals surface area contributed by atoms with Crippen LogP contribution in [0.2, 0.25) is 0 Å². The third-order valence-electron chi connectivity index (χ3n) is 5.19. The van der Waals surface area contributed by atoms with Gasteiger partial charge in [-0.15, -0.1) is 0 Å². The van der Waals surface area contributed by atoms with Crippen molar-refractivity contribution in [3.8, 4) is 5.75 Å². The molecule has 7 nitrogen and oxygen atoms in total. The summed E-state index contributed by atoms with van der Waals surface area (Å²) in [5.74, 6) is 0.662. The molecule has 3 rings (SSSR count). The van der Waals surface area contributed by atoms with E-state index in [9.17, 15) is 9.59 Å². The third kappa shape index (κ3) is 6.84. The highest BCUT2D eigenvalue weighted by atomic mass is 16.5. The Kier molecular flexibility index (Phi) is 7.47. The number of benzene rings is 1. The number of rotatable bonds is 7. The summed E-state index contributed by atoms with van der Waals surface area (Å²) < 4.78 is 5.73. The number of ether oxygens (including phenoxy) is 1. The molecule has 2 N–H and O–H groups in total. The predicted octanol–water partition coefficient (Wildman–Crippen LogP) is 1.45. The van der Waals surface area contributed by atoms with Gasteiger partial charge in [0.2, 0.25) is 5.91 Å². The number of hydrogen-bond donors (Lipinski definition) is 2. The van der Waals surface area contributed by atoms with Crippen molar-refractivity contribution < 1.29 is 14.3 Å². The van der Waals surface area contributed by atoms with Gasteiger partial charge in [-0.1, -0.05) is 31.0 Å². The number of hydrogen-bond acceptors (Lipinski definition) is 5. The van der Waals surface area contributed by atoms with Crippen molar-refractivity contribution in [3.63, 3.8) is 0 Å². The molecule has 1 saturated carbocycles. The minimum Gasteiger partial charge on any atom is -0.492 e. The van der Waals surface area contributed by atoms with Crippen LogP contribution in [-0.2, 0) is 4.79 Å². The predicted molar refractivity (Wildman–Crippen MR) is 104 cm³/mol. The fourth-order valence-corrected chi connectivity index (χ4v) is 3.64. The molecule has 27 heavy (non-hydrogen) atoms. The van der Waals surface area contributed by atoms with Crippen LogP contribution in [0.5, 0.6) is 5.75 Å². The van der Waals surface area contributed by atoms with Gasteiger partial charge in [0, 0.05) is 38.8 Å². The van der Waals surface area contributed by atoms with Crippen LogP contribution in [0.4, 0.5) is 4.79 Å². The second-order valence-electron chi connectivity index (χ2n) is 7.28. The number of urea groups is 1. The van der Waals surface area contributed by atoms with Crippen LogP contribution in [0.15, 0.2) is 30.3 Å². The maximum absolute atomic E-state index is 12.1. The van der Waals surface area contributed by atoms with Gasteiger partial charge in [0.25, 0.3) is 0 Å². The topological polar surface area (TPSA) is 73.9 Å². The largest absolute Gasteiger partial charge is 0.492 e. The van der Waals surface area contributed by atoms with E-state index in [4.69, 9.17) is 4.74 Å². The first-order chi connectivity index (χ1) is 13.2. The van der Waals surface area contributed by atoms with E-state index >= 15 is 0 Å². The Labute approximate surface area is 161 Å². The number of imide groups is 1. The highest BCUT2D eigenvalue weighted by molar-refractivity contribution is 5.95. The first kappa shape index (κ1) is 19.6. The minimum atomic E-state index is -0.358. The molecule has 1 heterocycles. The smallest absolute Gasteiger partial charge is 0.321 e. The lowest BCUT2D eigenvalue weighted by Gasteiger charge is -2.34. The first-order valence-electron chi connectivity index (χ1n) is 9.92. The lowest BCUT2D eigenvalue weighted by Crippen LogP contribution is -2.52. The molecule has 1 aliphatic carbocycles. The zero-order valence-electron chi connectivity index (χ0n) is 15.9.